The number of nitrogens with zero attached hydrogens (tertiary/aromatic N) is 1. The molecule has 0 amide bonds. The van der Waals surface area contributed by atoms with Crippen LogP contribution in [0.4, 0.5) is 4.39 Å². The van der Waals surface area contributed by atoms with Crippen molar-refractivity contribution in [2.75, 3.05) is 26.2 Å². The molecule has 1 heterocycles. The Labute approximate surface area is 120 Å². The zero-order valence-corrected chi connectivity index (χ0v) is 12.4. The summed E-state index contributed by atoms with van der Waals surface area (Å²) in [5.74, 6) is 0.0992. The number of benzene rings is 1. The summed E-state index contributed by atoms with van der Waals surface area (Å²) < 4.78 is 14.3. The maximum atomic E-state index is 14.3. The van der Waals surface area contributed by atoms with Crippen molar-refractivity contribution in [3.63, 3.8) is 0 Å². The summed E-state index contributed by atoms with van der Waals surface area (Å²) >= 11 is 0. The van der Waals surface area contributed by atoms with Crippen molar-refractivity contribution >= 4 is 0 Å². The molecule has 1 saturated heterocycles. The highest BCUT2D eigenvalue weighted by atomic mass is 19.1. The van der Waals surface area contributed by atoms with Crippen LogP contribution in [0, 0.1) is 11.7 Å². The number of rotatable bonds is 5. The predicted molar refractivity (Wildman–Crippen MR) is 79.3 cm³/mol. The number of hydrogen-bond acceptors (Lipinski definition) is 3. The minimum absolute atomic E-state index is 0.00606. The molecule has 2 rings (SSSR count). The van der Waals surface area contributed by atoms with Crippen LogP contribution in [0.15, 0.2) is 18.2 Å². The van der Waals surface area contributed by atoms with Crippen LogP contribution in [0.2, 0.25) is 0 Å². The van der Waals surface area contributed by atoms with Gasteiger partial charge >= 0.3 is 0 Å². The van der Waals surface area contributed by atoms with E-state index in [1.54, 1.807) is 12.1 Å². The molecule has 20 heavy (non-hydrogen) atoms. The molecule has 0 spiro atoms. The van der Waals surface area contributed by atoms with Crippen LogP contribution in [0.3, 0.4) is 0 Å². The van der Waals surface area contributed by atoms with E-state index >= 15 is 0 Å². The molecule has 112 valence electrons. The van der Waals surface area contributed by atoms with E-state index in [9.17, 15) is 9.50 Å². The minimum atomic E-state index is -0.295. The van der Waals surface area contributed by atoms with Crippen molar-refractivity contribution in [3.8, 4) is 5.75 Å². The molecule has 0 radical (unpaired) electrons. The van der Waals surface area contributed by atoms with Crippen molar-refractivity contribution in [1.29, 1.82) is 0 Å². The summed E-state index contributed by atoms with van der Waals surface area (Å²) in [5, 5.41) is 12.7. The number of piperazine rings is 1. The maximum Gasteiger partial charge on any atom is 0.131 e. The second-order valence-electron chi connectivity index (χ2n) is 5.70. The van der Waals surface area contributed by atoms with E-state index < -0.39 is 0 Å². The average molecular weight is 280 g/mol. The second-order valence-corrected chi connectivity index (χ2v) is 5.70. The van der Waals surface area contributed by atoms with Gasteiger partial charge < -0.3 is 10.4 Å². The third-order valence-electron chi connectivity index (χ3n) is 4.13. The first kappa shape index (κ1) is 15.3. The van der Waals surface area contributed by atoms with Crippen LogP contribution in [-0.4, -0.2) is 36.2 Å². The van der Waals surface area contributed by atoms with Crippen LogP contribution in [0.1, 0.15) is 38.3 Å². The van der Waals surface area contributed by atoms with Gasteiger partial charge in [-0.15, -0.1) is 0 Å². The molecule has 3 nitrogen and oxygen atoms in total. The molecule has 1 aromatic carbocycles. The summed E-state index contributed by atoms with van der Waals surface area (Å²) in [6.07, 6.45) is 2.18. The molecule has 0 aromatic heterocycles. The molecular formula is C16H25FN2O. The molecule has 1 fully saturated rings. The van der Waals surface area contributed by atoms with Crippen LogP contribution in [-0.2, 0) is 0 Å². The lowest BCUT2D eigenvalue weighted by Crippen LogP contribution is -2.46. The zero-order chi connectivity index (χ0) is 14.5. The minimum Gasteiger partial charge on any atom is -0.508 e. The van der Waals surface area contributed by atoms with E-state index in [1.165, 1.54) is 6.07 Å². The van der Waals surface area contributed by atoms with Gasteiger partial charge in [-0.3, -0.25) is 4.90 Å². The Hall–Kier alpha value is -1.13. The van der Waals surface area contributed by atoms with Crippen molar-refractivity contribution in [2.24, 2.45) is 5.92 Å². The fourth-order valence-corrected chi connectivity index (χ4v) is 3.19. The quantitative estimate of drug-likeness (QED) is 0.870. The fraction of sp³-hybridized carbons (Fsp3) is 0.625. The van der Waals surface area contributed by atoms with Gasteiger partial charge in [0.1, 0.15) is 11.6 Å². The molecule has 1 aromatic rings. The maximum absolute atomic E-state index is 14.3. The lowest BCUT2D eigenvalue weighted by molar-refractivity contribution is 0.123. The van der Waals surface area contributed by atoms with Gasteiger partial charge in [-0.25, -0.2) is 4.39 Å². The molecular weight excluding hydrogens is 255 g/mol. The van der Waals surface area contributed by atoms with Gasteiger partial charge in [-0.1, -0.05) is 26.3 Å². The highest BCUT2D eigenvalue weighted by molar-refractivity contribution is 5.30. The topological polar surface area (TPSA) is 35.5 Å². The molecule has 1 aliphatic rings. The lowest BCUT2D eigenvalue weighted by Gasteiger charge is -2.38. The molecule has 0 saturated carbocycles. The first-order valence-electron chi connectivity index (χ1n) is 7.56. The van der Waals surface area contributed by atoms with Gasteiger partial charge in [0, 0.05) is 43.9 Å². The fourth-order valence-electron chi connectivity index (χ4n) is 3.19. The van der Waals surface area contributed by atoms with Crippen LogP contribution in [0.5, 0.6) is 5.75 Å². The third kappa shape index (κ3) is 3.49. The largest absolute Gasteiger partial charge is 0.508 e. The number of hydrogen-bond donors (Lipinski definition) is 2. The lowest BCUT2D eigenvalue weighted by atomic mass is 9.89. The number of phenols is 1. The molecule has 4 heteroatoms. The van der Waals surface area contributed by atoms with Crippen molar-refractivity contribution in [2.45, 2.75) is 32.7 Å². The Morgan fingerprint density at radius 2 is 2.05 bits per heavy atom. The average Bonchev–Trinajstić information content (AvgIpc) is 2.43. The molecule has 0 aliphatic carbocycles. The normalized spacial score (nSPS) is 19.8. The van der Waals surface area contributed by atoms with Gasteiger partial charge in [0.2, 0.25) is 0 Å². The van der Waals surface area contributed by atoms with Crippen LogP contribution in [0.25, 0.3) is 0 Å². The molecule has 2 N–H and O–H groups in total. The SMILES string of the molecule is CCCC(C)[C@H](c1ccc(O)cc1F)N1CCNCC1. The highest BCUT2D eigenvalue weighted by Gasteiger charge is 2.29. The van der Waals surface area contributed by atoms with Gasteiger partial charge in [0.25, 0.3) is 0 Å². The number of nitrogens with one attached hydrogen (secondary N) is 1. The van der Waals surface area contributed by atoms with E-state index in [0.717, 1.165) is 39.0 Å². The van der Waals surface area contributed by atoms with Crippen LogP contribution < -0.4 is 5.32 Å². The summed E-state index contributed by atoms with van der Waals surface area (Å²) in [6.45, 7) is 8.16. The van der Waals surface area contributed by atoms with E-state index in [-0.39, 0.29) is 17.6 Å². The molecule has 2 atom stereocenters. The Morgan fingerprint density at radius 3 is 2.65 bits per heavy atom. The number of phenolic OH excluding ortho intramolecular Hbond substituents is 1. The van der Waals surface area contributed by atoms with E-state index in [2.05, 4.69) is 24.1 Å². The summed E-state index contributed by atoms with van der Waals surface area (Å²) in [5.41, 5.74) is 0.714. The standard InChI is InChI=1S/C16H25FN2O/c1-3-4-12(2)16(19-9-7-18-8-10-19)14-6-5-13(20)11-15(14)17/h5-6,11-12,16,18,20H,3-4,7-10H2,1-2H3/t12?,16-/m1/s1. The van der Waals surface area contributed by atoms with Crippen LogP contribution >= 0.6 is 0 Å². The molecule has 0 bridgehead atoms. The number of aromatic hydroxyl groups is 1. The van der Waals surface area contributed by atoms with Gasteiger partial charge in [-0.05, 0) is 18.4 Å². The Kier molecular flexibility index (Phi) is 5.38. The summed E-state index contributed by atoms with van der Waals surface area (Å²) in [4.78, 5) is 2.37. The van der Waals surface area contributed by atoms with Gasteiger partial charge in [0.05, 0.1) is 0 Å². The first-order valence-corrected chi connectivity index (χ1v) is 7.56. The Morgan fingerprint density at radius 1 is 1.35 bits per heavy atom. The van der Waals surface area contributed by atoms with E-state index in [0.29, 0.717) is 11.5 Å². The molecule has 1 aliphatic heterocycles. The highest BCUT2D eigenvalue weighted by Crippen LogP contribution is 2.34. The summed E-state index contributed by atoms with van der Waals surface area (Å²) in [7, 11) is 0. The zero-order valence-electron chi connectivity index (χ0n) is 12.4. The number of halogens is 1. The van der Waals surface area contributed by atoms with E-state index in [4.69, 9.17) is 0 Å². The smallest absolute Gasteiger partial charge is 0.131 e. The van der Waals surface area contributed by atoms with Crippen molar-refractivity contribution in [1.82, 2.24) is 10.2 Å². The Balaban J connectivity index is 2.28. The van der Waals surface area contributed by atoms with E-state index in [1.807, 2.05) is 0 Å². The first-order chi connectivity index (χ1) is 9.63. The molecule has 1 unspecified atom stereocenters. The third-order valence-corrected chi connectivity index (χ3v) is 4.13. The Bertz CT molecular complexity index is 432. The van der Waals surface area contributed by atoms with Gasteiger partial charge in [-0.2, -0.15) is 0 Å². The van der Waals surface area contributed by atoms with Gasteiger partial charge in [0.15, 0.2) is 0 Å². The monoisotopic (exact) mass is 280 g/mol. The van der Waals surface area contributed by atoms with Crippen molar-refractivity contribution < 1.29 is 9.50 Å². The predicted octanol–water partition coefficient (Wildman–Crippen LogP) is 2.91. The second kappa shape index (κ2) is 7.04. The summed E-state index contributed by atoms with van der Waals surface area (Å²) in [6, 6.07) is 4.65. The van der Waals surface area contributed by atoms with Crippen molar-refractivity contribution in [3.05, 3.63) is 29.6 Å².